The Bertz CT molecular complexity index is 735. The van der Waals surface area contributed by atoms with Gasteiger partial charge in [0.15, 0.2) is 0 Å². The maximum absolute atomic E-state index is 12.8. The summed E-state index contributed by atoms with van der Waals surface area (Å²) in [7, 11) is 0. The molecule has 1 amide bonds. The first-order valence-electron chi connectivity index (χ1n) is 8.99. The third-order valence-corrected chi connectivity index (χ3v) is 5.37. The molecule has 0 bridgehead atoms. The fraction of sp³-hybridized carbons (Fsp3) is 0.526. The minimum absolute atomic E-state index is 0.0323. The number of nitriles is 1. The largest absolute Gasteiger partial charge is 0.481 e. The van der Waals surface area contributed by atoms with E-state index in [1.165, 1.54) is 0 Å². The molecule has 138 valence electrons. The number of piperidine rings is 1. The normalized spacial score (nSPS) is 23.4. The highest BCUT2D eigenvalue weighted by atomic mass is 16.4. The number of aliphatic carboxylic acids is 1. The number of carbonyl (C=O) groups is 2. The van der Waals surface area contributed by atoms with Crippen molar-refractivity contribution in [3.05, 3.63) is 29.3 Å². The zero-order chi connectivity index (χ0) is 18.7. The molecule has 3 rings (SSSR count). The van der Waals surface area contributed by atoms with Crippen LogP contribution in [0.3, 0.4) is 0 Å². The van der Waals surface area contributed by atoms with E-state index < -0.39 is 17.8 Å². The van der Waals surface area contributed by atoms with Gasteiger partial charge in [-0.25, -0.2) is 0 Å². The van der Waals surface area contributed by atoms with Crippen LogP contribution in [-0.4, -0.2) is 61.2 Å². The summed E-state index contributed by atoms with van der Waals surface area (Å²) in [4.78, 5) is 28.3. The van der Waals surface area contributed by atoms with E-state index in [-0.39, 0.29) is 5.91 Å². The van der Waals surface area contributed by atoms with E-state index >= 15 is 0 Å². The van der Waals surface area contributed by atoms with Crippen molar-refractivity contribution in [3.63, 3.8) is 0 Å². The van der Waals surface area contributed by atoms with Gasteiger partial charge < -0.3 is 20.2 Å². The number of nitrogens with zero attached hydrogens (tertiary/aromatic N) is 3. The number of anilines is 1. The van der Waals surface area contributed by atoms with Gasteiger partial charge in [-0.15, -0.1) is 0 Å². The zero-order valence-electron chi connectivity index (χ0n) is 14.9. The fourth-order valence-corrected chi connectivity index (χ4v) is 3.90. The van der Waals surface area contributed by atoms with Gasteiger partial charge in [0, 0.05) is 38.4 Å². The fourth-order valence-electron chi connectivity index (χ4n) is 3.90. The summed E-state index contributed by atoms with van der Waals surface area (Å²) in [6, 6.07) is 7.79. The van der Waals surface area contributed by atoms with Crippen LogP contribution in [0.25, 0.3) is 0 Å². The first-order valence-corrected chi connectivity index (χ1v) is 8.99. The summed E-state index contributed by atoms with van der Waals surface area (Å²) < 4.78 is 0. The molecule has 7 heteroatoms. The van der Waals surface area contributed by atoms with E-state index in [1.807, 2.05) is 25.1 Å². The van der Waals surface area contributed by atoms with Crippen molar-refractivity contribution < 1.29 is 14.7 Å². The van der Waals surface area contributed by atoms with Gasteiger partial charge in [-0.3, -0.25) is 9.59 Å². The van der Waals surface area contributed by atoms with Gasteiger partial charge in [0.1, 0.15) is 0 Å². The summed E-state index contributed by atoms with van der Waals surface area (Å²) in [5, 5.41) is 21.4. The number of piperazine rings is 1. The van der Waals surface area contributed by atoms with Gasteiger partial charge >= 0.3 is 5.97 Å². The Morgan fingerprint density at radius 3 is 2.58 bits per heavy atom. The standard InChI is InChI=1S/C19H24N4O3/c1-13-10-14(11-20)2-3-17(13)22-6-8-23(9-7-22)18(24)15-4-5-21-12-16(15)19(25)26/h2-3,10,15-16,21H,4-9,12H2,1H3,(H,25,26)/t15-,16-/m0/s1. The van der Waals surface area contributed by atoms with Crippen LogP contribution in [0.2, 0.25) is 0 Å². The van der Waals surface area contributed by atoms with E-state index in [9.17, 15) is 14.7 Å². The highest BCUT2D eigenvalue weighted by molar-refractivity contribution is 5.85. The van der Waals surface area contributed by atoms with Crippen molar-refractivity contribution in [2.75, 3.05) is 44.2 Å². The predicted molar refractivity (Wildman–Crippen MR) is 96.8 cm³/mol. The molecule has 2 heterocycles. The molecule has 0 aliphatic carbocycles. The monoisotopic (exact) mass is 356 g/mol. The number of benzene rings is 1. The molecule has 26 heavy (non-hydrogen) atoms. The maximum Gasteiger partial charge on any atom is 0.308 e. The molecule has 0 saturated carbocycles. The van der Waals surface area contributed by atoms with Crippen LogP contribution in [0.5, 0.6) is 0 Å². The lowest BCUT2D eigenvalue weighted by Crippen LogP contribution is -2.54. The SMILES string of the molecule is Cc1cc(C#N)ccc1N1CCN(C(=O)[C@H]2CCNC[C@@H]2C(=O)O)CC1. The quantitative estimate of drug-likeness (QED) is 0.833. The van der Waals surface area contributed by atoms with Crippen LogP contribution < -0.4 is 10.2 Å². The van der Waals surface area contributed by atoms with Gasteiger partial charge in [-0.1, -0.05) is 0 Å². The Hall–Kier alpha value is -2.59. The maximum atomic E-state index is 12.8. The third-order valence-electron chi connectivity index (χ3n) is 5.37. The zero-order valence-corrected chi connectivity index (χ0v) is 14.9. The lowest BCUT2D eigenvalue weighted by molar-refractivity contribution is -0.151. The van der Waals surface area contributed by atoms with Crippen molar-refractivity contribution >= 4 is 17.6 Å². The van der Waals surface area contributed by atoms with Crippen LogP contribution in [0, 0.1) is 30.1 Å². The molecule has 2 aliphatic rings. The number of amides is 1. The van der Waals surface area contributed by atoms with Crippen LogP contribution in [0.1, 0.15) is 17.5 Å². The molecule has 2 N–H and O–H groups in total. The Labute approximate surface area is 153 Å². The predicted octanol–water partition coefficient (Wildman–Crippen LogP) is 0.826. The minimum atomic E-state index is -0.901. The molecule has 2 fully saturated rings. The summed E-state index contributed by atoms with van der Waals surface area (Å²) in [5.74, 6) is -2.01. The number of hydrogen-bond acceptors (Lipinski definition) is 5. The summed E-state index contributed by atoms with van der Waals surface area (Å²) in [6.07, 6.45) is 0.574. The van der Waals surface area contributed by atoms with Crippen molar-refractivity contribution in [1.82, 2.24) is 10.2 Å². The van der Waals surface area contributed by atoms with Crippen molar-refractivity contribution in [2.24, 2.45) is 11.8 Å². The second-order valence-corrected chi connectivity index (χ2v) is 6.97. The topological polar surface area (TPSA) is 96.7 Å². The van der Waals surface area contributed by atoms with E-state index in [2.05, 4.69) is 16.3 Å². The molecule has 2 atom stereocenters. The van der Waals surface area contributed by atoms with Crippen molar-refractivity contribution in [1.29, 1.82) is 5.26 Å². The van der Waals surface area contributed by atoms with Gasteiger partial charge in [0.05, 0.1) is 23.5 Å². The molecular formula is C19H24N4O3. The molecule has 1 aromatic rings. The van der Waals surface area contributed by atoms with Gasteiger partial charge in [-0.2, -0.15) is 5.26 Å². The van der Waals surface area contributed by atoms with Crippen molar-refractivity contribution in [3.8, 4) is 6.07 Å². The number of hydrogen-bond donors (Lipinski definition) is 2. The molecule has 0 spiro atoms. The molecule has 7 nitrogen and oxygen atoms in total. The molecule has 0 radical (unpaired) electrons. The lowest BCUT2D eigenvalue weighted by Gasteiger charge is -2.39. The second kappa shape index (κ2) is 7.75. The summed E-state index contributed by atoms with van der Waals surface area (Å²) in [6.45, 7) is 5.63. The second-order valence-electron chi connectivity index (χ2n) is 6.97. The Kier molecular flexibility index (Phi) is 5.43. The first kappa shape index (κ1) is 18.2. The number of carbonyl (C=O) groups excluding carboxylic acids is 1. The van der Waals surface area contributed by atoms with Crippen LogP contribution in [0.15, 0.2) is 18.2 Å². The number of carboxylic acids is 1. The summed E-state index contributed by atoms with van der Waals surface area (Å²) in [5.41, 5.74) is 2.78. The van der Waals surface area contributed by atoms with Crippen LogP contribution in [-0.2, 0) is 9.59 Å². The first-order chi connectivity index (χ1) is 12.5. The highest BCUT2D eigenvalue weighted by Gasteiger charge is 2.38. The van der Waals surface area contributed by atoms with E-state index in [4.69, 9.17) is 5.26 Å². The average Bonchev–Trinajstić information content (AvgIpc) is 2.67. The number of nitrogens with one attached hydrogen (secondary N) is 1. The Morgan fingerprint density at radius 1 is 1.23 bits per heavy atom. The minimum Gasteiger partial charge on any atom is -0.481 e. The van der Waals surface area contributed by atoms with Crippen LogP contribution >= 0.6 is 0 Å². The number of rotatable bonds is 3. The van der Waals surface area contributed by atoms with Gasteiger partial charge in [0.2, 0.25) is 5.91 Å². The summed E-state index contributed by atoms with van der Waals surface area (Å²) >= 11 is 0. The Morgan fingerprint density at radius 2 is 1.96 bits per heavy atom. The highest BCUT2D eigenvalue weighted by Crippen LogP contribution is 2.25. The van der Waals surface area contributed by atoms with Crippen LogP contribution in [0.4, 0.5) is 5.69 Å². The Balaban J connectivity index is 1.64. The molecular weight excluding hydrogens is 332 g/mol. The molecule has 0 aromatic heterocycles. The molecule has 2 aliphatic heterocycles. The average molecular weight is 356 g/mol. The van der Waals surface area contributed by atoms with E-state index in [0.29, 0.717) is 51.3 Å². The molecule has 2 saturated heterocycles. The molecule has 0 unspecified atom stereocenters. The number of aryl methyl sites for hydroxylation is 1. The molecule has 1 aromatic carbocycles. The smallest absolute Gasteiger partial charge is 0.308 e. The van der Waals surface area contributed by atoms with Crippen molar-refractivity contribution in [2.45, 2.75) is 13.3 Å². The van der Waals surface area contributed by atoms with Gasteiger partial charge in [-0.05, 0) is 43.7 Å². The van der Waals surface area contributed by atoms with E-state index in [0.717, 1.165) is 11.3 Å². The van der Waals surface area contributed by atoms with E-state index in [1.54, 1.807) is 4.90 Å². The lowest BCUT2D eigenvalue weighted by atomic mass is 9.85. The third kappa shape index (κ3) is 3.65. The number of carboxylic acid groups (broad SMARTS) is 1. The van der Waals surface area contributed by atoms with Gasteiger partial charge in [0.25, 0.3) is 0 Å².